The number of aromatic nitrogens is 2. The van der Waals surface area contributed by atoms with E-state index in [0.29, 0.717) is 23.7 Å². The van der Waals surface area contributed by atoms with Gasteiger partial charge >= 0.3 is 0 Å². The van der Waals surface area contributed by atoms with Crippen LogP contribution in [0.15, 0.2) is 30.6 Å². The number of nitrogens with zero attached hydrogens (tertiary/aromatic N) is 2. The molecule has 110 valence electrons. The van der Waals surface area contributed by atoms with E-state index in [2.05, 4.69) is 9.97 Å². The second-order valence-corrected chi connectivity index (χ2v) is 4.72. The molecule has 1 aromatic heterocycles. The monoisotopic (exact) mass is 286 g/mol. The van der Waals surface area contributed by atoms with Crippen LogP contribution in [0.25, 0.3) is 0 Å². The van der Waals surface area contributed by atoms with E-state index in [0.717, 1.165) is 17.4 Å². The third kappa shape index (κ3) is 3.37. The molecule has 0 unspecified atom stereocenters. The Morgan fingerprint density at radius 3 is 2.43 bits per heavy atom. The van der Waals surface area contributed by atoms with Crippen LogP contribution in [0.4, 0.5) is 0 Å². The molecular formula is C16H18N2O3. The first-order valence-electron chi connectivity index (χ1n) is 6.63. The van der Waals surface area contributed by atoms with Crippen LogP contribution in [0.3, 0.4) is 0 Å². The average Bonchev–Trinajstić information content (AvgIpc) is 2.53. The summed E-state index contributed by atoms with van der Waals surface area (Å²) in [7, 11) is 3.05. The van der Waals surface area contributed by atoms with Crippen LogP contribution < -0.4 is 9.47 Å². The number of rotatable bonds is 6. The molecule has 1 atom stereocenters. The first kappa shape index (κ1) is 15.0. The minimum Gasteiger partial charge on any atom is -0.490 e. The number of methoxy groups -OCH3 is 2. The topological polar surface area (TPSA) is 61.3 Å². The fourth-order valence-electron chi connectivity index (χ4n) is 2.15. The molecule has 21 heavy (non-hydrogen) atoms. The van der Waals surface area contributed by atoms with Crippen LogP contribution in [-0.2, 0) is 11.2 Å². The summed E-state index contributed by atoms with van der Waals surface area (Å²) in [5.74, 6) is 0.564. The SMILES string of the molecule is COc1ncnc(C[C@H](C=O)c2ccc(C)cc2)c1OC. The normalized spacial score (nSPS) is 11.8. The van der Waals surface area contributed by atoms with Gasteiger partial charge in [0.1, 0.15) is 12.6 Å². The van der Waals surface area contributed by atoms with Crippen molar-refractivity contribution in [2.24, 2.45) is 0 Å². The molecule has 0 radical (unpaired) electrons. The molecule has 2 aromatic rings. The summed E-state index contributed by atoms with van der Waals surface area (Å²) < 4.78 is 10.5. The van der Waals surface area contributed by atoms with Crippen molar-refractivity contribution < 1.29 is 14.3 Å². The first-order valence-corrected chi connectivity index (χ1v) is 6.63. The molecule has 0 amide bonds. The van der Waals surface area contributed by atoms with E-state index in [9.17, 15) is 4.79 Å². The van der Waals surface area contributed by atoms with Crippen molar-refractivity contribution in [3.8, 4) is 11.6 Å². The van der Waals surface area contributed by atoms with E-state index in [1.165, 1.54) is 20.5 Å². The Morgan fingerprint density at radius 1 is 1.14 bits per heavy atom. The first-order chi connectivity index (χ1) is 10.2. The van der Waals surface area contributed by atoms with Gasteiger partial charge < -0.3 is 14.3 Å². The number of carbonyl (C=O) groups excluding carboxylic acids is 1. The summed E-state index contributed by atoms with van der Waals surface area (Å²) in [5.41, 5.74) is 2.77. The zero-order chi connectivity index (χ0) is 15.2. The van der Waals surface area contributed by atoms with Crippen LogP contribution in [0.2, 0.25) is 0 Å². The predicted molar refractivity (Wildman–Crippen MR) is 78.8 cm³/mol. The van der Waals surface area contributed by atoms with Gasteiger partial charge in [0.05, 0.1) is 19.9 Å². The Kier molecular flexibility index (Phi) is 4.87. The Balaban J connectivity index is 2.30. The minimum atomic E-state index is -0.279. The number of hydrogen-bond donors (Lipinski definition) is 0. The van der Waals surface area contributed by atoms with E-state index >= 15 is 0 Å². The predicted octanol–water partition coefficient (Wildman–Crippen LogP) is 2.33. The maximum Gasteiger partial charge on any atom is 0.260 e. The van der Waals surface area contributed by atoms with Gasteiger partial charge in [0.2, 0.25) is 5.75 Å². The quantitative estimate of drug-likeness (QED) is 0.763. The lowest BCUT2D eigenvalue weighted by Crippen LogP contribution is -2.08. The van der Waals surface area contributed by atoms with Crippen LogP contribution >= 0.6 is 0 Å². The highest BCUT2D eigenvalue weighted by Gasteiger charge is 2.18. The van der Waals surface area contributed by atoms with Crippen LogP contribution in [-0.4, -0.2) is 30.5 Å². The smallest absolute Gasteiger partial charge is 0.260 e. The maximum absolute atomic E-state index is 11.4. The number of carbonyl (C=O) groups is 1. The number of ether oxygens (including phenoxy) is 2. The Hall–Kier alpha value is -2.43. The minimum absolute atomic E-state index is 0.279. The summed E-state index contributed by atoms with van der Waals surface area (Å²) in [4.78, 5) is 19.6. The third-order valence-electron chi connectivity index (χ3n) is 3.33. The summed E-state index contributed by atoms with van der Waals surface area (Å²) >= 11 is 0. The number of aryl methyl sites for hydroxylation is 1. The molecule has 1 heterocycles. The molecule has 0 aliphatic rings. The van der Waals surface area contributed by atoms with Crippen molar-refractivity contribution in [3.63, 3.8) is 0 Å². The number of benzene rings is 1. The molecule has 0 N–H and O–H groups in total. The van der Waals surface area contributed by atoms with Gasteiger partial charge in [0.15, 0.2) is 0 Å². The van der Waals surface area contributed by atoms with Crippen molar-refractivity contribution in [3.05, 3.63) is 47.4 Å². The largest absolute Gasteiger partial charge is 0.490 e. The van der Waals surface area contributed by atoms with Gasteiger partial charge in [-0.1, -0.05) is 29.8 Å². The second-order valence-electron chi connectivity index (χ2n) is 4.72. The van der Waals surface area contributed by atoms with Crippen LogP contribution in [0.5, 0.6) is 11.6 Å². The van der Waals surface area contributed by atoms with E-state index in [4.69, 9.17) is 9.47 Å². The van der Waals surface area contributed by atoms with Gasteiger partial charge in [-0.3, -0.25) is 0 Å². The molecule has 2 rings (SSSR count). The van der Waals surface area contributed by atoms with Gasteiger partial charge in [0, 0.05) is 12.3 Å². The van der Waals surface area contributed by atoms with Crippen molar-refractivity contribution in [1.82, 2.24) is 9.97 Å². The zero-order valence-corrected chi connectivity index (χ0v) is 12.4. The molecule has 1 aromatic carbocycles. The average molecular weight is 286 g/mol. The lowest BCUT2D eigenvalue weighted by atomic mass is 9.94. The van der Waals surface area contributed by atoms with E-state index in [-0.39, 0.29) is 5.92 Å². The highest BCUT2D eigenvalue weighted by Crippen LogP contribution is 2.30. The summed E-state index contributed by atoms with van der Waals surface area (Å²) in [6.07, 6.45) is 2.78. The van der Waals surface area contributed by atoms with E-state index < -0.39 is 0 Å². The lowest BCUT2D eigenvalue weighted by molar-refractivity contribution is -0.109. The molecule has 0 bridgehead atoms. The zero-order valence-electron chi connectivity index (χ0n) is 12.4. The molecule has 5 nitrogen and oxygen atoms in total. The standard InChI is InChI=1S/C16H18N2O3/c1-11-4-6-12(7-5-11)13(9-19)8-14-15(20-2)16(21-3)18-10-17-14/h4-7,9-10,13H,8H2,1-3H3/t13-/m1/s1. The van der Waals surface area contributed by atoms with Gasteiger partial charge in [0.25, 0.3) is 5.88 Å². The van der Waals surface area contributed by atoms with Gasteiger partial charge in [-0.05, 0) is 12.5 Å². The summed E-state index contributed by atoms with van der Waals surface area (Å²) in [6, 6.07) is 7.89. The molecule has 0 saturated carbocycles. The van der Waals surface area contributed by atoms with Crippen molar-refractivity contribution >= 4 is 6.29 Å². The van der Waals surface area contributed by atoms with Crippen LogP contribution in [0, 0.1) is 6.92 Å². The number of hydrogen-bond acceptors (Lipinski definition) is 5. The summed E-state index contributed by atoms with van der Waals surface area (Å²) in [6.45, 7) is 2.01. The molecule has 5 heteroatoms. The van der Waals surface area contributed by atoms with Gasteiger partial charge in [-0.25, -0.2) is 4.98 Å². The lowest BCUT2D eigenvalue weighted by Gasteiger charge is -2.14. The Labute approximate surface area is 124 Å². The molecule has 0 aliphatic carbocycles. The molecule has 0 spiro atoms. The summed E-state index contributed by atoms with van der Waals surface area (Å²) in [5, 5.41) is 0. The van der Waals surface area contributed by atoms with Gasteiger partial charge in [-0.15, -0.1) is 0 Å². The molecular weight excluding hydrogens is 268 g/mol. The Bertz CT molecular complexity index is 611. The van der Waals surface area contributed by atoms with Crippen molar-refractivity contribution in [1.29, 1.82) is 0 Å². The number of aldehydes is 1. The van der Waals surface area contributed by atoms with Crippen molar-refractivity contribution in [2.45, 2.75) is 19.3 Å². The fraction of sp³-hybridized carbons (Fsp3) is 0.312. The highest BCUT2D eigenvalue weighted by molar-refractivity contribution is 5.63. The molecule has 0 aliphatic heterocycles. The fourth-order valence-corrected chi connectivity index (χ4v) is 2.15. The van der Waals surface area contributed by atoms with Crippen LogP contribution in [0.1, 0.15) is 22.7 Å². The maximum atomic E-state index is 11.4. The van der Waals surface area contributed by atoms with Gasteiger partial charge in [-0.2, -0.15) is 4.98 Å². The molecule has 0 saturated heterocycles. The molecule has 0 fully saturated rings. The van der Waals surface area contributed by atoms with Crippen molar-refractivity contribution in [2.75, 3.05) is 14.2 Å². The van der Waals surface area contributed by atoms with E-state index in [1.807, 2.05) is 31.2 Å². The van der Waals surface area contributed by atoms with E-state index in [1.54, 1.807) is 0 Å². The second kappa shape index (κ2) is 6.83. The Morgan fingerprint density at radius 2 is 1.86 bits per heavy atom. The highest BCUT2D eigenvalue weighted by atomic mass is 16.5. The third-order valence-corrected chi connectivity index (χ3v) is 3.33.